The Morgan fingerprint density at radius 3 is 1.77 bits per heavy atom. The van der Waals surface area contributed by atoms with Crippen molar-refractivity contribution in [3.8, 4) is 50.2 Å². The smallest absolute Gasteiger partial charge is 0.136 e. The molecule has 0 amide bonds. The highest BCUT2D eigenvalue weighted by atomic mass is 32.1. The number of rotatable bonds is 5. The quantitative estimate of drug-likeness (QED) is 0.173. The van der Waals surface area contributed by atoms with Gasteiger partial charge in [0.05, 0.1) is 10.9 Å². The molecule has 4 heterocycles. The first-order chi connectivity index (χ1) is 32.2. The maximum Gasteiger partial charge on any atom is 0.136 e. The van der Waals surface area contributed by atoms with Gasteiger partial charge in [0.15, 0.2) is 0 Å². The lowest BCUT2D eigenvalue weighted by molar-refractivity contribution is 0.668. The predicted octanol–water partition coefficient (Wildman–Crippen LogP) is 16.0. The molecule has 304 valence electrons. The Balaban J connectivity index is 0.937. The zero-order valence-electron chi connectivity index (χ0n) is 35.1. The van der Waals surface area contributed by atoms with E-state index in [0.29, 0.717) is 0 Å². The van der Waals surface area contributed by atoms with Gasteiger partial charge in [0, 0.05) is 58.0 Å². The summed E-state index contributed by atoms with van der Waals surface area (Å²) >= 11 is 1.86. The molecule has 4 heteroatoms. The van der Waals surface area contributed by atoms with Crippen molar-refractivity contribution in [2.75, 3.05) is 0 Å². The fourth-order valence-electron chi connectivity index (χ4n) is 10.2. The third-order valence-corrected chi connectivity index (χ3v) is 14.6. The van der Waals surface area contributed by atoms with Crippen molar-refractivity contribution in [3.63, 3.8) is 0 Å². The highest BCUT2D eigenvalue weighted by Gasteiger charge is 2.17. The van der Waals surface area contributed by atoms with Crippen molar-refractivity contribution in [2.24, 2.45) is 0 Å². The van der Waals surface area contributed by atoms with E-state index in [9.17, 15) is 0 Å². The van der Waals surface area contributed by atoms with Gasteiger partial charge in [-0.1, -0.05) is 133 Å². The third kappa shape index (κ3) is 5.81. The number of furan rings is 2. The maximum absolute atomic E-state index is 6.33. The van der Waals surface area contributed by atoms with Crippen LogP contribution in [0.3, 0.4) is 0 Å². The van der Waals surface area contributed by atoms with E-state index in [2.05, 4.69) is 193 Å². The topological polar surface area (TPSA) is 31.2 Å². The van der Waals surface area contributed by atoms with Crippen LogP contribution in [0.1, 0.15) is 6.42 Å². The molecule has 3 nitrogen and oxygen atoms in total. The molecule has 0 radical (unpaired) electrons. The summed E-state index contributed by atoms with van der Waals surface area (Å²) < 4.78 is 17.7. The zero-order valence-corrected chi connectivity index (χ0v) is 35.9. The first-order valence-corrected chi connectivity index (χ1v) is 23.0. The minimum atomic E-state index is 0.848. The molecule has 4 aromatic heterocycles. The standard InChI is InChI=1S/C61H37NO2S/c1-2-10-46-52-33-39(41-22-26-49-47-11-4-7-15-56(47)64-59(49)35-41)24-28-55(52)62(54(46)14-3-1)45-31-43(30-44(32-45)40-25-29-58-53(34-40)48-12-5-8-16-57(48)63-58)38-20-18-37(19-21-38)42-23-27-51-50-13-6-9-17-60(50)65-61(51)36-42/h1-2,4-36H,3H2. The molecule has 0 fully saturated rings. The summed E-state index contributed by atoms with van der Waals surface area (Å²) in [5.41, 5.74) is 15.2. The molecule has 1 aliphatic rings. The lowest BCUT2D eigenvalue weighted by atomic mass is 9.95. The van der Waals surface area contributed by atoms with Gasteiger partial charge >= 0.3 is 0 Å². The van der Waals surface area contributed by atoms with Crippen molar-refractivity contribution >= 4 is 98.4 Å². The number of allylic oxidation sites excluding steroid dienone is 2. The van der Waals surface area contributed by atoms with E-state index >= 15 is 0 Å². The number of para-hydroxylation sites is 2. The van der Waals surface area contributed by atoms with Crippen molar-refractivity contribution < 1.29 is 8.83 Å². The van der Waals surface area contributed by atoms with E-state index in [1.54, 1.807) is 0 Å². The summed E-state index contributed by atoms with van der Waals surface area (Å²) in [6.45, 7) is 0. The van der Waals surface area contributed by atoms with Crippen LogP contribution >= 0.6 is 11.3 Å². The van der Waals surface area contributed by atoms with Crippen LogP contribution in [-0.2, 0) is 0 Å². The largest absolute Gasteiger partial charge is 0.456 e. The Morgan fingerprint density at radius 1 is 0.385 bits per heavy atom. The van der Waals surface area contributed by atoms with Crippen LogP contribution in [0.5, 0.6) is 0 Å². The highest BCUT2D eigenvalue weighted by molar-refractivity contribution is 7.25. The number of hydrogen-bond acceptors (Lipinski definition) is 3. The van der Waals surface area contributed by atoms with E-state index in [0.717, 1.165) is 94.9 Å². The molecule has 0 bridgehead atoms. The first kappa shape index (κ1) is 36.3. The van der Waals surface area contributed by atoms with Gasteiger partial charge in [-0.15, -0.1) is 11.3 Å². The van der Waals surface area contributed by atoms with Crippen LogP contribution in [0.4, 0.5) is 0 Å². The van der Waals surface area contributed by atoms with Gasteiger partial charge in [0.25, 0.3) is 0 Å². The van der Waals surface area contributed by atoms with E-state index < -0.39 is 0 Å². The molecule has 0 unspecified atom stereocenters. The van der Waals surface area contributed by atoms with Crippen molar-refractivity contribution in [2.45, 2.75) is 6.42 Å². The summed E-state index contributed by atoms with van der Waals surface area (Å²) in [6, 6.07) is 68.5. The van der Waals surface area contributed by atoms with Crippen molar-refractivity contribution in [1.29, 1.82) is 0 Å². The number of aromatic nitrogens is 1. The fourth-order valence-corrected chi connectivity index (χ4v) is 11.4. The summed E-state index contributed by atoms with van der Waals surface area (Å²) in [7, 11) is 0. The van der Waals surface area contributed by atoms with Gasteiger partial charge in [-0.05, 0) is 130 Å². The normalized spacial score (nSPS) is 12.7. The minimum absolute atomic E-state index is 0.848. The van der Waals surface area contributed by atoms with Crippen LogP contribution in [0.25, 0.3) is 137 Å². The van der Waals surface area contributed by atoms with Gasteiger partial charge in [0.1, 0.15) is 22.3 Å². The lowest BCUT2D eigenvalue weighted by Crippen LogP contribution is -2.27. The molecule has 0 saturated carbocycles. The number of nitrogens with zero attached hydrogens (tertiary/aromatic N) is 1. The molecule has 14 rings (SSSR count). The Hall–Kier alpha value is -8.18. The molecule has 1 aliphatic carbocycles. The summed E-state index contributed by atoms with van der Waals surface area (Å²) in [5.74, 6) is 0. The number of hydrogen-bond donors (Lipinski definition) is 0. The third-order valence-electron chi connectivity index (χ3n) is 13.4. The Bertz CT molecular complexity index is 4270. The van der Waals surface area contributed by atoms with Crippen LogP contribution in [0.15, 0.2) is 209 Å². The number of fused-ring (bicyclic) bond motifs is 12. The first-order valence-electron chi connectivity index (χ1n) is 22.2. The Kier molecular flexibility index (Phi) is 7.92. The second kappa shape index (κ2) is 14.2. The SMILES string of the molecule is C1=CCC=c2c(c3cc(-c4ccc5c(c4)oc4ccccc45)ccc3n2-c2cc(-c3ccc(-c4ccc5c(c4)sc4ccccc45)cc3)cc(-c3ccc4oc5ccccc5c4c3)c2)=C1. The molecule has 13 aromatic rings. The zero-order chi connectivity index (χ0) is 42.6. The average molecular weight is 848 g/mol. The number of benzene rings is 9. The van der Waals surface area contributed by atoms with Crippen LogP contribution < -0.4 is 10.6 Å². The fraction of sp³-hybridized carbons (Fsp3) is 0.0164. The molecule has 0 atom stereocenters. The molecule has 0 saturated heterocycles. The van der Waals surface area contributed by atoms with E-state index in [4.69, 9.17) is 8.83 Å². The average Bonchev–Trinajstić information content (AvgIpc) is 4.07. The predicted molar refractivity (Wildman–Crippen MR) is 274 cm³/mol. The van der Waals surface area contributed by atoms with Gasteiger partial charge in [-0.2, -0.15) is 0 Å². The molecule has 65 heavy (non-hydrogen) atoms. The molecule has 9 aromatic carbocycles. The molecule has 0 N–H and O–H groups in total. The van der Waals surface area contributed by atoms with Gasteiger partial charge in [-0.25, -0.2) is 0 Å². The molecular formula is C61H37NO2S. The van der Waals surface area contributed by atoms with E-state index in [1.165, 1.54) is 47.3 Å². The summed E-state index contributed by atoms with van der Waals surface area (Å²) in [5, 5.41) is 10.8. The van der Waals surface area contributed by atoms with Crippen LogP contribution in [0, 0.1) is 0 Å². The second-order valence-electron chi connectivity index (χ2n) is 17.2. The Morgan fingerprint density at radius 2 is 0.938 bits per heavy atom. The number of thiophene rings is 1. The lowest BCUT2D eigenvalue weighted by Gasteiger charge is -2.14. The molecule has 0 aliphatic heterocycles. The molecule has 0 spiro atoms. The maximum atomic E-state index is 6.33. The molecular weight excluding hydrogens is 811 g/mol. The van der Waals surface area contributed by atoms with Crippen LogP contribution in [0.2, 0.25) is 0 Å². The van der Waals surface area contributed by atoms with Gasteiger partial charge in [0.2, 0.25) is 0 Å². The van der Waals surface area contributed by atoms with Crippen LogP contribution in [-0.4, -0.2) is 4.57 Å². The van der Waals surface area contributed by atoms with Crippen molar-refractivity contribution in [3.05, 3.63) is 211 Å². The highest BCUT2D eigenvalue weighted by Crippen LogP contribution is 2.39. The van der Waals surface area contributed by atoms with Gasteiger partial charge in [-0.3, -0.25) is 0 Å². The van der Waals surface area contributed by atoms with Crippen molar-refractivity contribution in [1.82, 2.24) is 4.57 Å². The van der Waals surface area contributed by atoms with Gasteiger partial charge < -0.3 is 13.4 Å². The summed E-state index contributed by atoms with van der Waals surface area (Å²) in [4.78, 5) is 0. The minimum Gasteiger partial charge on any atom is -0.456 e. The van der Waals surface area contributed by atoms with E-state index in [-0.39, 0.29) is 0 Å². The van der Waals surface area contributed by atoms with E-state index in [1.807, 2.05) is 35.6 Å². The second-order valence-corrected chi connectivity index (χ2v) is 18.3. The summed E-state index contributed by atoms with van der Waals surface area (Å²) in [6.07, 6.45) is 9.93. The monoisotopic (exact) mass is 847 g/mol. The Labute approximate surface area is 377 Å².